The van der Waals surface area contributed by atoms with E-state index in [-0.39, 0.29) is 12.8 Å². The van der Waals surface area contributed by atoms with Gasteiger partial charge in [0.1, 0.15) is 5.92 Å². The molecule has 0 aromatic heterocycles. The van der Waals surface area contributed by atoms with Gasteiger partial charge in [0, 0.05) is 12.8 Å². The van der Waals surface area contributed by atoms with Crippen LogP contribution < -0.4 is 0 Å². The Balaban J connectivity index is 2.11. The van der Waals surface area contributed by atoms with E-state index >= 15 is 0 Å². The van der Waals surface area contributed by atoms with Crippen LogP contribution in [-0.4, -0.2) is 53.3 Å². The molecule has 27 heavy (non-hydrogen) atoms. The van der Waals surface area contributed by atoms with Crippen molar-refractivity contribution in [2.75, 3.05) is 19.6 Å². The highest BCUT2D eigenvalue weighted by molar-refractivity contribution is 6.31. The average molecular weight is 373 g/mol. The molecule has 1 saturated heterocycles. The molecule has 1 atom stereocenters. The average Bonchev–Trinajstić information content (AvgIpc) is 2.91. The number of aliphatic hydroxyl groups is 1. The Morgan fingerprint density at radius 3 is 2.26 bits per heavy atom. The van der Waals surface area contributed by atoms with Gasteiger partial charge in [0.25, 0.3) is 0 Å². The summed E-state index contributed by atoms with van der Waals surface area (Å²) in [7, 11) is 0. The molecular formula is C20H23NO6. The van der Waals surface area contributed by atoms with E-state index in [1.165, 1.54) is 0 Å². The number of nitrogens with zero attached hydrogens (tertiary/aromatic N) is 1. The van der Waals surface area contributed by atoms with Crippen LogP contribution in [0.5, 0.6) is 0 Å². The zero-order valence-electron chi connectivity index (χ0n) is 15.4. The first-order chi connectivity index (χ1) is 12.9. The number of Topliss-reactive ketones (excluding diaryl/α,β-unsaturated/α-hetero) is 1. The minimum Gasteiger partial charge on any atom is -0.389 e. The molecule has 1 fully saturated rings. The molecule has 2 rings (SSSR count). The molecule has 0 amide bonds. The van der Waals surface area contributed by atoms with Gasteiger partial charge in [-0.25, -0.2) is 9.59 Å². The minimum atomic E-state index is -2.64. The molecule has 0 spiro atoms. The number of benzene rings is 1. The van der Waals surface area contributed by atoms with Crippen LogP contribution in [0.25, 0.3) is 0 Å². The highest BCUT2D eigenvalue weighted by Crippen LogP contribution is 2.36. The summed E-state index contributed by atoms with van der Waals surface area (Å²) in [5.41, 5.74) is 0.378. The number of hydrogen-bond acceptors (Lipinski definition) is 7. The van der Waals surface area contributed by atoms with Crippen LogP contribution in [0.2, 0.25) is 0 Å². The lowest BCUT2D eigenvalue weighted by molar-refractivity contribution is -0.299. The number of carbonyl (C=O) groups excluding carboxylic acids is 3. The molecule has 144 valence electrons. The SMILES string of the molecule is CCN(CC)CC#CCCC(=O)C(c1ccccc1)C1(O)OC(=O)C(=O)O1. The smallest absolute Gasteiger partial charge is 0.389 e. The summed E-state index contributed by atoms with van der Waals surface area (Å²) in [4.78, 5) is 37.6. The lowest BCUT2D eigenvalue weighted by Gasteiger charge is -2.27. The van der Waals surface area contributed by atoms with Gasteiger partial charge in [-0.15, -0.1) is 5.92 Å². The summed E-state index contributed by atoms with van der Waals surface area (Å²) in [6, 6.07) is 8.25. The van der Waals surface area contributed by atoms with Crippen molar-refractivity contribution in [3.8, 4) is 11.8 Å². The van der Waals surface area contributed by atoms with Crippen molar-refractivity contribution in [1.82, 2.24) is 4.90 Å². The van der Waals surface area contributed by atoms with Crippen LogP contribution in [0.3, 0.4) is 0 Å². The van der Waals surface area contributed by atoms with E-state index in [4.69, 9.17) is 0 Å². The summed E-state index contributed by atoms with van der Waals surface area (Å²) < 4.78 is 9.34. The number of ketones is 1. The third kappa shape index (κ3) is 5.16. The molecule has 7 nitrogen and oxygen atoms in total. The van der Waals surface area contributed by atoms with Gasteiger partial charge >= 0.3 is 17.9 Å². The third-order valence-electron chi connectivity index (χ3n) is 4.28. The number of carbonyl (C=O) groups is 3. The third-order valence-corrected chi connectivity index (χ3v) is 4.28. The molecule has 1 aromatic carbocycles. The predicted octanol–water partition coefficient (Wildman–Crippen LogP) is 1.21. The Labute approximate surface area is 158 Å². The minimum absolute atomic E-state index is 0.0161. The van der Waals surface area contributed by atoms with E-state index in [9.17, 15) is 19.5 Å². The van der Waals surface area contributed by atoms with Crippen LogP contribution in [-0.2, 0) is 23.9 Å². The molecular weight excluding hydrogens is 350 g/mol. The van der Waals surface area contributed by atoms with Crippen molar-refractivity contribution in [1.29, 1.82) is 0 Å². The van der Waals surface area contributed by atoms with Gasteiger partial charge in [-0.1, -0.05) is 50.1 Å². The molecule has 0 aliphatic carbocycles. The Hall–Kier alpha value is -2.69. The molecule has 1 aliphatic heterocycles. The molecule has 1 aromatic rings. The van der Waals surface area contributed by atoms with Gasteiger partial charge in [0.2, 0.25) is 0 Å². The lowest BCUT2D eigenvalue weighted by atomic mass is 9.90. The molecule has 7 heteroatoms. The first-order valence-electron chi connectivity index (χ1n) is 8.85. The van der Waals surface area contributed by atoms with Crippen LogP contribution in [0, 0.1) is 11.8 Å². The van der Waals surface area contributed by atoms with Crippen LogP contribution in [0.4, 0.5) is 0 Å². The zero-order valence-corrected chi connectivity index (χ0v) is 15.4. The maximum Gasteiger partial charge on any atom is 0.422 e. The maximum atomic E-state index is 12.7. The summed E-state index contributed by atoms with van der Waals surface area (Å²) in [5.74, 6) is -1.13. The first kappa shape index (κ1) is 20.6. The topological polar surface area (TPSA) is 93.1 Å². The van der Waals surface area contributed by atoms with Crippen molar-refractivity contribution >= 4 is 17.7 Å². The normalized spacial score (nSPS) is 16.3. The maximum absolute atomic E-state index is 12.7. The fourth-order valence-electron chi connectivity index (χ4n) is 2.77. The molecule has 1 heterocycles. The highest BCUT2D eigenvalue weighted by Gasteiger charge is 2.56. The molecule has 1 N–H and O–H groups in total. The number of cyclic esters (lactones) is 2. The summed E-state index contributed by atoms with van der Waals surface area (Å²) in [5, 5.41) is 10.5. The molecule has 1 unspecified atom stereocenters. The van der Waals surface area contributed by atoms with Gasteiger partial charge in [0.05, 0.1) is 6.54 Å². The van der Waals surface area contributed by atoms with Crippen molar-refractivity contribution < 1.29 is 29.0 Å². The summed E-state index contributed by atoms with van der Waals surface area (Å²) >= 11 is 0. The number of ether oxygens (including phenoxy) is 2. The van der Waals surface area contributed by atoms with E-state index in [1.807, 2.05) is 13.8 Å². The van der Waals surface area contributed by atoms with Crippen LogP contribution in [0.1, 0.15) is 38.2 Å². The van der Waals surface area contributed by atoms with E-state index in [1.54, 1.807) is 30.3 Å². The second-order valence-corrected chi connectivity index (χ2v) is 6.03. The Kier molecular flexibility index (Phi) is 7.11. The summed E-state index contributed by atoms with van der Waals surface area (Å²) in [6.07, 6.45) is 0.295. The highest BCUT2D eigenvalue weighted by atomic mass is 16.9. The lowest BCUT2D eigenvalue weighted by Crippen LogP contribution is -2.42. The monoisotopic (exact) mass is 373 g/mol. The Bertz CT molecular complexity index is 729. The Morgan fingerprint density at radius 2 is 1.70 bits per heavy atom. The molecule has 0 radical (unpaired) electrons. The fraction of sp³-hybridized carbons (Fsp3) is 0.450. The molecule has 1 aliphatic rings. The largest absolute Gasteiger partial charge is 0.422 e. The van der Waals surface area contributed by atoms with Gasteiger partial charge in [-0.2, -0.15) is 0 Å². The van der Waals surface area contributed by atoms with Crippen LogP contribution in [0.15, 0.2) is 30.3 Å². The van der Waals surface area contributed by atoms with Gasteiger partial charge in [-0.3, -0.25) is 9.69 Å². The van der Waals surface area contributed by atoms with Crippen molar-refractivity contribution in [2.45, 2.75) is 38.6 Å². The fourth-order valence-corrected chi connectivity index (χ4v) is 2.77. The molecule has 0 saturated carbocycles. The Morgan fingerprint density at radius 1 is 1.11 bits per heavy atom. The first-order valence-corrected chi connectivity index (χ1v) is 8.85. The molecule has 0 bridgehead atoms. The standard InChI is InChI=1S/C20H23NO6/c1-3-21(4-2)14-10-6-9-13-16(22)17(15-11-7-5-8-12-15)20(25)26-18(23)19(24)27-20/h5,7-8,11-12,17,25H,3-4,9,13-14H2,1-2H3. The van der Waals surface area contributed by atoms with Crippen LogP contribution >= 0.6 is 0 Å². The van der Waals surface area contributed by atoms with Crippen molar-refractivity contribution in [3.63, 3.8) is 0 Å². The van der Waals surface area contributed by atoms with Gasteiger partial charge < -0.3 is 14.6 Å². The predicted molar refractivity (Wildman–Crippen MR) is 96.1 cm³/mol. The van der Waals surface area contributed by atoms with E-state index < -0.39 is 29.6 Å². The van der Waals surface area contributed by atoms with Gasteiger partial charge in [-0.05, 0) is 18.7 Å². The van der Waals surface area contributed by atoms with E-state index in [2.05, 4.69) is 26.2 Å². The zero-order chi connectivity index (χ0) is 19.9. The summed E-state index contributed by atoms with van der Waals surface area (Å²) in [6.45, 7) is 6.49. The van der Waals surface area contributed by atoms with Crippen molar-refractivity contribution in [3.05, 3.63) is 35.9 Å². The quantitative estimate of drug-likeness (QED) is 0.416. The van der Waals surface area contributed by atoms with Crippen molar-refractivity contribution in [2.24, 2.45) is 0 Å². The second-order valence-electron chi connectivity index (χ2n) is 6.03. The van der Waals surface area contributed by atoms with E-state index in [0.717, 1.165) is 13.1 Å². The second kappa shape index (κ2) is 9.31. The van der Waals surface area contributed by atoms with Gasteiger partial charge in [0.15, 0.2) is 5.78 Å². The number of esters is 2. The number of rotatable bonds is 8. The number of hydrogen-bond donors (Lipinski definition) is 1. The van der Waals surface area contributed by atoms with E-state index in [0.29, 0.717) is 12.1 Å².